The van der Waals surface area contributed by atoms with Crippen molar-refractivity contribution in [3.8, 4) is 17.0 Å². The van der Waals surface area contributed by atoms with E-state index < -0.39 is 5.91 Å². The summed E-state index contributed by atoms with van der Waals surface area (Å²) in [5, 5.41) is 9.32. The molecular formula is C27H28Cl2N6O3S. The number of nitrogens with one attached hydrogen (secondary N) is 3. The Morgan fingerprint density at radius 3 is 2.54 bits per heavy atom. The van der Waals surface area contributed by atoms with Gasteiger partial charge in [-0.1, -0.05) is 35.4 Å². The van der Waals surface area contributed by atoms with Crippen LogP contribution in [0.5, 0.6) is 5.75 Å². The number of ether oxygens (including phenoxy) is 1. The van der Waals surface area contributed by atoms with Crippen molar-refractivity contribution in [2.75, 3.05) is 25.0 Å². The third-order valence-electron chi connectivity index (χ3n) is 5.79. The fraction of sp³-hybridized carbons (Fsp3) is 0.259. The fourth-order valence-corrected chi connectivity index (χ4v) is 5.16. The molecule has 0 aliphatic carbocycles. The monoisotopic (exact) mass is 586 g/mol. The lowest BCUT2D eigenvalue weighted by Crippen LogP contribution is -2.32. The number of anilines is 1. The summed E-state index contributed by atoms with van der Waals surface area (Å²) in [6.07, 6.45) is 5.70. The standard InChI is InChI=1S/C27H28Cl2N6O3S/c1-16-23-24(35-39-16)18-6-8-19(9-7-18)38-11-5-3-2-4-10-31-15-22(36)33-25-20(28)12-17(13-21(25)29)14-32-27(30)34-26(23)37/h3,5-9,12-13,31H,2,4,10-11,14-15H2,1H3,(H,33,36)(H3,30,32,34,37). The molecule has 0 radical (unpaired) electrons. The van der Waals surface area contributed by atoms with Crippen LogP contribution in [0, 0.1) is 6.92 Å². The number of hydrogen-bond acceptors (Lipinski definition) is 8. The summed E-state index contributed by atoms with van der Waals surface area (Å²) in [6.45, 7) is 3.25. The van der Waals surface area contributed by atoms with Crippen LogP contribution in [0.1, 0.15) is 33.6 Å². The third-order valence-corrected chi connectivity index (χ3v) is 7.14. The molecule has 0 spiro atoms. The maximum absolute atomic E-state index is 13.1. The second-order valence-electron chi connectivity index (χ2n) is 8.73. The van der Waals surface area contributed by atoms with Crippen LogP contribution in [0.25, 0.3) is 11.3 Å². The van der Waals surface area contributed by atoms with E-state index in [1.165, 1.54) is 11.5 Å². The van der Waals surface area contributed by atoms with E-state index in [0.29, 0.717) is 41.4 Å². The second kappa shape index (κ2) is 13.6. The highest BCUT2D eigenvalue weighted by Crippen LogP contribution is 2.32. The molecule has 5 heterocycles. The van der Waals surface area contributed by atoms with E-state index in [9.17, 15) is 9.59 Å². The highest BCUT2D eigenvalue weighted by molar-refractivity contribution is 7.06. The van der Waals surface area contributed by atoms with Crippen molar-refractivity contribution in [1.82, 2.24) is 15.0 Å². The van der Waals surface area contributed by atoms with Crippen LogP contribution < -0.4 is 26.4 Å². The molecule has 0 saturated heterocycles. The van der Waals surface area contributed by atoms with E-state index in [2.05, 4.69) is 25.3 Å². The van der Waals surface area contributed by atoms with Crippen LogP contribution in [0.15, 0.2) is 53.5 Å². The van der Waals surface area contributed by atoms with E-state index in [1.807, 2.05) is 43.3 Å². The summed E-state index contributed by atoms with van der Waals surface area (Å²) in [5.41, 5.74) is 8.75. The molecule has 4 aliphatic heterocycles. The number of nitrogens with zero attached hydrogens (tertiary/aromatic N) is 2. The summed E-state index contributed by atoms with van der Waals surface area (Å²) in [7, 11) is 0. The maximum Gasteiger partial charge on any atom is 0.283 e. The SMILES string of the molecule is Cc1snc2c1C(=O)/N=C(\N)NCc1cc(Cl)c(c(Cl)c1)NC(=O)CNCCCC=CCOc1ccc-2cc1. The maximum atomic E-state index is 13.1. The van der Waals surface area contributed by atoms with Gasteiger partial charge in [0.25, 0.3) is 5.91 Å². The van der Waals surface area contributed by atoms with Crippen molar-refractivity contribution in [2.24, 2.45) is 10.7 Å². The van der Waals surface area contributed by atoms with Crippen LogP contribution in [0.3, 0.4) is 0 Å². The zero-order valence-electron chi connectivity index (χ0n) is 21.2. The van der Waals surface area contributed by atoms with Gasteiger partial charge >= 0.3 is 0 Å². The summed E-state index contributed by atoms with van der Waals surface area (Å²) in [6, 6.07) is 10.7. The molecule has 2 amide bonds. The Morgan fingerprint density at radius 2 is 1.79 bits per heavy atom. The molecule has 0 saturated carbocycles. The molecule has 39 heavy (non-hydrogen) atoms. The number of aromatic nitrogens is 1. The van der Waals surface area contributed by atoms with Gasteiger partial charge in [0.15, 0.2) is 5.96 Å². The minimum atomic E-state index is -0.504. The Balaban J connectivity index is 1.57. The Hall–Kier alpha value is -3.44. The van der Waals surface area contributed by atoms with E-state index in [4.69, 9.17) is 33.7 Å². The second-order valence-corrected chi connectivity index (χ2v) is 10.5. The van der Waals surface area contributed by atoms with Gasteiger partial charge in [-0.05, 0) is 79.8 Å². The molecule has 9 nitrogen and oxygen atoms in total. The normalized spacial score (nSPS) is 17.1. The van der Waals surface area contributed by atoms with Gasteiger partial charge in [0.1, 0.15) is 12.4 Å². The molecule has 2 aromatic carbocycles. The predicted octanol–water partition coefficient (Wildman–Crippen LogP) is 4.93. The third kappa shape index (κ3) is 7.79. The average Bonchev–Trinajstić information content (AvgIpc) is 3.30. The minimum Gasteiger partial charge on any atom is -0.490 e. The number of carbonyl (C=O) groups excluding carboxylic acids is 2. The molecular weight excluding hydrogens is 559 g/mol. The number of allylic oxidation sites excluding steroid dienone is 1. The molecule has 0 fully saturated rings. The number of carbonyl (C=O) groups is 2. The molecule has 0 atom stereocenters. The zero-order chi connectivity index (χ0) is 27.8. The minimum absolute atomic E-state index is 0.0644. The number of guanidine groups is 1. The lowest BCUT2D eigenvalue weighted by Gasteiger charge is -2.13. The Kier molecular flexibility index (Phi) is 9.94. The highest BCUT2D eigenvalue weighted by atomic mass is 35.5. The quantitative estimate of drug-likeness (QED) is 0.275. The van der Waals surface area contributed by atoms with Crippen LogP contribution in [-0.4, -0.2) is 41.8 Å². The molecule has 12 heteroatoms. The van der Waals surface area contributed by atoms with Gasteiger partial charge in [-0.25, -0.2) is 0 Å². The van der Waals surface area contributed by atoms with Gasteiger partial charge in [0.05, 0.1) is 33.5 Å². The van der Waals surface area contributed by atoms with Crippen molar-refractivity contribution < 1.29 is 14.3 Å². The smallest absolute Gasteiger partial charge is 0.283 e. The summed E-state index contributed by atoms with van der Waals surface area (Å²) >= 11 is 14.0. The first-order valence-electron chi connectivity index (χ1n) is 12.3. The largest absolute Gasteiger partial charge is 0.490 e. The van der Waals surface area contributed by atoms with Crippen molar-refractivity contribution in [2.45, 2.75) is 26.3 Å². The highest BCUT2D eigenvalue weighted by Gasteiger charge is 2.20. The van der Waals surface area contributed by atoms with Gasteiger partial charge in [0, 0.05) is 17.0 Å². The number of rotatable bonds is 0. The molecule has 5 N–H and O–H groups in total. The summed E-state index contributed by atoms with van der Waals surface area (Å²) < 4.78 is 10.2. The van der Waals surface area contributed by atoms with Crippen LogP contribution in [0.4, 0.5) is 5.69 Å². The molecule has 7 rings (SSSR count). The molecule has 0 unspecified atom stereocenters. The van der Waals surface area contributed by atoms with E-state index >= 15 is 0 Å². The number of amides is 2. The predicted molar refractivity (Wildman–Crippen MR) is 157 cm³/mol. The van der Waals surface area contributed by atoms with Gasteiger partial charge in [-0.15, -0.1) is 0 Å². The number of halogens is 2. The zero-order valence-corrected chi connectivity index (χ0v) is 23.6. The summed E-state index contributed by atoms with van der Waals surface area (Å²) in [4.78, 5) is 30.2. The first-order valence-corrected chi connectivity index (χ1v) is 13.8. The van der Waals surface area contributed by atoms with Gasteiger partial charge < -0.3 is 26.4 Å². The number of aryl methyl sites for hydroxylation is 1. The lowest BCUT2D eigenvalue weighted by atomic mass is 10.1. The van der Waals surface area contributed by atoms with Crippen molar-refractivity contribution in [3.63, 3.8) is 0 Å². The van der Waals surface area contributed by atoms with Gasteiger partial charge in [-0.2, -0.15) is 9.37 Å². The number of hydrogen-bond donors (Lipinski definition) is 4. The van der Waals surface area contributed by atoms with Crippen LogP contribution in [-0.2, 0) is 11.3 Å². The first-order chi connectivity index (χ1) is 18.8. The van der Waals surface area contributed by atoms with E-state index in [1.54, 1.807) is 12.1 Å². The number of aliphatic imine (C=N–C) groups is 1. The van der Waals surface area contributed by atoms with Crippen LogP contribution >= 0.6 is 34.7 Å². The fourth-order valence-electron chi connectivity index (χ4n) is 3.84. The molecule has 3 aromatic rings. The van der Waals surface area contributed by atoms with Gasteiger partial charge in [0.2, 0.25) is 5.91 Å². The van der Waals surface area contributed by atoms with Crippen molar-refractivity contribution in [3.05, 3.63) is 74.6 Å². The first kappa shape index (κ1) is 28.6. The Bertz CT molecular complexity index is 1380. The Labute approximate surface area is 240 Å². The molecule has 4 aliphatic rings. The van der Waals surface area contributed by atoms with Crippen molar-refractivity contribution >= 4 is 58.2 Å². The van der Waals surface area contributed by atoms with Gasteiger partial charge in [-0.3, -0.25) is 9.59 Å². The topological polar surface area (TPSA) is 131 Å². The van der Waals surface area contributed by atoms with E-state index in [-0.39, 0.29) is 35.0 Å². The molecule has 4 bridgehead atoms. The lowest BCUT2D eigenvalue weighted by molar-refractivity contribution is -0.115. The average molecular weight is 588 g/mol. The summed E-state index contributed by atoms with van der Waals surface area (Å²) in [5.74, 6) is -0.119. The molecule has 1 aromatic heterocycles. The number of nitrogens with two attached hydrogens (primary N) is 1. The van der Waals surface area contributed by atoms with Crippen LogP contribution in [0.2, 0.25) is 10.0 Å². The van der Waals surface area contributed by atoms with E-state index in [0.717, 1.165) is 23.3 Å². The van der Waals surface area contributed by atoms with Crippen molar-refractivity contribution in [1.29, 1.82) is 0 Å². The Morgan fingerprint density at radius 1 is 1.05 bits per heavy atom. The molecule has 204 valence electrons. The number of benzene rings is 2.